The summed E-state index contributed by atoms with van der Waals surface area (Å²) < 4.78 is 5.13. The van der Waals surface area contributed by atoms with Crippen LogP contribution < -0.4 is 10.9 Å². The third-order valence-corrected chi connectivity index (χ3v) is 3.98. The van der Waals surface area contributed by atoms with E-state index in [2.05, 4.69) is 5.32 Å². The van der Waals surface area contributed by atoms with Crippen molar-refractivity contribution in [3.63, 3.8) is 0 Å². The lowest BCUT2D eigenvalue weighted by molar-refractivity contribution is 0.102. The first-order valence-corrected chi connectivity index (χ1v) is 7.58. The minimum absolute atomic E-state index is 0.147. The van der Waals surface area contributed by atoms with Gasteiger partial charge in [-0.15, -0.1) is 0 Å². The second kappa shape index (κ2) is 6.24. The quantitative estimate of drug-likeness (QED) is 0.647. The average Bonchev–Trinajstić information content (AvgIpc) is 2.50. The highest BCUT2D eigenvalue weighted by Crippen LogP contribution is 2.26. The third kappa shape index (κ3) is 3.20. The van der Waals surface area contributed by atoms with Gasteiger partial charge in [0, 0.05) is 10.4 Å². The van der Waals surface area contributed by atoms with Crippen LogP contribution in [0.15, 0.2) is 51.7 Å². The maximum absolute atomic E-state index is 12.3. The molecular formula is C16H8Cl3NO3. The molecule has 0 bridgehead atoms. The van der Waals surface area contributed by atoms with E-state index in [9.17, 15) is 9.59 Å². The fourth-order valence-electron chi connectivity index (χ4n) is 2.05. The predicted octanol–water partition coefficient (Wildman–Crippen LogP) is 5.01. The Morgan fingerprint density at radius 3 is 2.52 bits per heavy atom. The van der Waals surface area contributed by atoms with Crippen LogP contribution in [-0.2, 0) is 0 Å². The smallest absolute Gasteiger partial charge is 0.349 e. The second-order valence-electron chi connectivity index (χ2n) is 4.68. The van der Waals surface area contributed by atoms with Crippen LogP contribution in [0, 0.1) is 0 Å². The molecule has 4 nitrogen and oxygen atoms in total. The summed E-state index contributed by atoms with van der Waals surface area (Å²) in [7, 11) is 0. The fourth-order valence-corrected chi connectivity index (χ4v) is 2.72. The van der Waals surface area contributed by atoms with Crippen molar-refractivity contribution in [3.05, 3.63) is 73.5 Å². The zero-order valence-corrected chi connectivity index (χ0v) is 13.7. The number of carbonyl (C=O) groups is 1. The van der Waals surface area contributed by atoms with E-state index in [-0.39, 0.29) is 16.2 Å². The minimum atomic E-state index is -0.784. The largest absolute Gasteiger partial charge is 0.421 e. The van der Waals surface area contributed by atoms with Crippen molar-refractivity contribution in [1.29, 1.82) is 0 Å². The molecule has 0 saturated carbocycles. The number of hydrogen-bond acceptors (Lipinski definition) is 3. The summed E-state index contributed by atoms with van der Waals surface area (Å²) in [5.74, 6) is -0.634. The molecule has 7 heteroatoms. The summed E-state index contributed by atoms with van der Waals surface area (Å²) in [5.41, 5.74) is -0.356. The summed E-state index contributed by atoms with van der Waals surface area (Å²) in [6.07, 6.45) is 0. The molecule has 0 aliphatic heterocycles. The van der Waals surface area contributed by atoms with Crippen molar-refractivity contribution in [2.24, 2.45) is 0 Å². The van der Waals surface area contributed by atoms with Crippen molar-refractivity contribution in [3.8, 4) is 0 Å². The highest BCUT2D eigenvalue weighted by Gasteiger charge is 2.16. The van der Waals surface area contributed by atoms with Crippen LogP contribution >= 0.6 is 34.8 Å². The first-order chi connectivity index (χ1) is 11.0. The van der Waals surface area contributed by atoms with E-state index in [1.165, 1.54) is 12.1 Å². The number of nitrogens with one attached hydrogen (secondary N) is 1. The number of hydrogen-bond donors (Lipinski definition) is 1. The number of benzene rings is 2. The zero-order chi connectivity index (χ0) is 16.6. The van der Waals surface area contributed by atoms with Crippen molar-refractivity contribution >= 4 is 57.4 Å². The molecule has 0 unspecified atom stereocenters. The van der Waals surface area contributed by atoms with Crippen LogP contribution in [0.2, 0.25) is 15.1 Å². The van der Waals surface area contributed by atoms with E-state index in [0.29, 0.717) is 21.1 Å². The van der Waals surface area contributed by atoms with E-state index in [4.69, 9.17) is 39.2 Å². The molecule has 0 atom stereocenters. The van der Waals surface area contributed by atoms with Gasteiger partial charge in [0.2, 0.25) is 0 Å². The highest BCUT2D eigenvalue weighted by atomic mass is 35.5. The van der Waals surface area contributed by atoms with Gasteiger partial charge >= 0.3 is 5.63 Å². The Labute approximate surface area is 145 Å². The molecule has 0 saturated heterocycles. The first-order valence-electron chi connectivity index (χ1n) is 6.44. The molecule has 0 aliphatic carbocycles. The Bertz CT molecular complexity index is 982. The number of fused-ring (bicyclic) bond motifs is 1. The Hall–Kier alpha value is -2.01. The third-order valence-electron chi connectivity index (χ3n) is 3.14. The van der Waals surface area contributed by atoms with Gasteiger partial charge in [0.25, 0.3) is 5.91 Å². The van der Waals surface area contributed by atoms with E-state index in [0.717, 1.165) is 0 Å². The van der Waals surface area contributed by atoms with Crippen LogP contribution in [0.3, 0.4) is 0 Å². The molecule has 0 radical (unpaired) electrons. The molecule has 1 heterocycles. The van der Waals surface area contributed by atoms with Gasteiger partial charge in [0.15, 0.2) is 5.58 Å². The van der Waals surface area contributed by atoms with Crippen LogP contribution in [-0.4, -0.2) is 5.91 Å². The molecule has 2 aromatic carbocycles. The maximum Gasteiger partial charge on any atom is 0.349 e. The number of carbonyl (C=O) groups excluding carboxylic acids is 1. The van der Waals surface area contributed by atoms with E-state index in [1.807, 2.05) is 0 Å². The Morgan fingerprint density at radius 1 is 1.00 bits per heavy atom. The number of anilines is 1. The normalized spacial score (nSPS) is 10.7. The van der Waals surface area contributed by atoms with Gasteiger partial charge in [0.1, 0.15) is 5.56 Å². The van der Waals surface area contributed by atoms with Gasteiger partial charge < -0.3 is 9.73 Å². The van der Waals surface area contributed by atoms with Crippen LogP contribution in [0.4, 0.5) is 5.69 Å². The van der Waals surface area contributed by atoms with Crippen LogP contribution in [0.1, 0.15) is 10.4 Å². The topological polar surface area (TPSA) is 59.3 Å². The number of rotatable bonds is 2. The maximum atomic E-state index is 12.3. The van der Waals surface area contributed by atoms with Gasteiger partial charge in [-0.25, -0.2) is 4.79 Å². The Balaban J connectivity index is 2.01. The summed E-state index contributed by atoms with van der Waals surface area (Å²) in [5, 5.41) is 4.10. The van der Waals surface area contributed by atoms with Crippen molar-refractivity contribution in [2.75, 3.05) is 5.32 Å². The summed E-state index contributed by atoms with van der Waals surface area (Å²) in [6, 6.07) is 11.0. The molecule has 3 rings (SSSR count). The SMILES string of the molecule is O=C(Nc1ccc(Cl)cc1Cl)c1cc2cccc(Cl)c2oc1=O. The molecule has 0 fully saturated rings. The van der Waals surface area contributed by atoms with Crippen molar-refractivity contribution in [1.82, 2.24) is 0 Å². The summed E-state index contributed by atoms with van der Waals surface area (Å²) in [4.78, 5) is 24.3. The minimum Gasteiger partial charge on any atom is -0.421 e. The lowest BCUT2D eigenvalue weighted by Gasteiger charge is -2.07. The monoisotopic (exact) mass is 367 g/mol. The highest BCUT2D eigenvalue weighted by molar-refractivity contribution is 6.37. The number of para-hydroxylation sites is 1. The standard InChI is InChI=1S/C16H8Cl3NO3/c17-9-4-5-13(12(19)7-9)20-15(21)10-6-8-2-1-3-11(18)14(8)23-16(10)22/h1-7H,(H,20,21). The Kier molecular flexibility index (Phi) is 4.31. The van der Waals surface area contributed by atoms with Gasteiger partial charge in [-0.05, 0) is 30.3 Å². The fraction of sp³-hybridized carbons (Fsp3) is 0. The van der Waals surface area contributed by atoms with Gasteiger partial charge in [-0.1, -0.05) is 46.9 Å². The molecule has 3 aromatic rings. The molecule has 116 valence electrons. The van der Waals surface area contributed by atoms with E-state index in [1.54, 1.807) is 30.3 Å². The van der Waals surface area contributed by atoms with E-state index >= 15 is 0 Å². The van der Waals surface area contributed by atoms with Crippen LogP contribution in [0.25, 0.3) is 11.0 Å². The van der Waals surface area contributed by atoms with Gasteiger partial charge in [-0.2, -0.15) is 0 Å². The lowest BCUT2D eigenvalue weighted by Crippen LogP contribution is -2.20. The molecule has 1 aromatic heterocycles. The molecule has 0 aliphatic rings. The summed E-state index contributed by atoms with van der Waals surface area (Å²) >= 11 is 17.8. The molecule has 23 heavy (non-hydrogen) atoms. The molecular weight excluding hydrogens is 361 g/mol. The second-order valence-corrected chi connectivity index (χ2v) is 5.93. The van der Waals surface area contributed by atoms with E-state index < -0.39 is 11.5 Å². The first kappa shape index (κ1) is 15.9. The molecule has 1 N–H and O–H groups in total. The molecule has 1 amide bonds. The van der Waals surface area contributed by atoms with Gasteiger partial charge in [0.05, 0.1) is 15.7 Å². The average molecular weight is 369 g/mol. The predicted molar refractivity (Wildman–Crippen MR) is 91.9 cm³/mol. The van der Waals surface area contributed by atoms with Crippen molar-refractivity contribution in [2.45, 2.75) is 0 Å². The molecule has 0 spiro atoms. The Morgan fingerprint density at radius 2 is 1.78 bits per heavy atom. The summed E-state index contributed by atoms with van der Waals surface area (Å²) in [6.45, 7) is 0. The zero-order valence-electron chi connectivity index (χ0n) is 11.4. The number of halogens is 3. The number of amides is 1. The van der Waals surface area contributed by atoms with Crippen molar-refractivity contribution < 1.29 is 9.21 Å². The lowest BCUT2D eigenvalue weighted by atomic mass is 10.1. The van der Waals surface area contributed by atoms with Crippen LogP contribution in [0.5, 0.6) is 0 Å². The van der Waals surface area contributed by atoms with Gasteiger partial charge in [-0.3, -0.25) is 4.79 Å².